The molecule has 1 aromatic heterocycles. The van der Waals surface area contributed by atoms with Gasteiger partial charge < -0.3 is 19.5 Å². The predicted octanol–water partition coefficient (Wildman–Crippen LogP) is 2.30. The van der Waals surface area contributed by atoms with Crippen molar-refractivity contribution >= 4 is 29.1 Å². The van der Waals surface area contributed by atoms with Crippen LogP contribution in [0.4, 0.5) is 5.69 Å². The van der Waals surface area contributed by atoms with E-state index in [9.17, 15) is 9.59 Å². The Balaban J connectivity index is 2.02. The number of methoxy groups -OCH3 is 2. The Labute approximate surface area is 149 Å². The molecule has 2 rings (SSSR count). The summed E-state index contributed by atoms with van der Waals surface area (Å²) < 4.78 is 19.3. The molecule has 8 nitrogen and oxygen atoms in total. The number of hydrogen-bond donors (Lipinski definition) is 1. The van der Waals surface area contributed by atoms with E-state index in [1.54, 1.807) is 18.2 Å². The minimum Gasteiger partial charge on any atom is -0.493 e. The molecule has 0 aliphatic rings. The molecule has 25 heavy (non-hydrogen) atoms. The second kappa shape index (κ2) is 8.43. The summed E-state index contributed by atoms with van der Waals surface area (Å²) in [4.78, 5) is 24.7. The van der Waals surface area contributed by atoms with Gasteiger partial charge in [0.15, 0.2) is 22.5 Å². The van der Waals surface area contributed by atoms with Crippen molar-refractivity contribution < 1.29 is 23.8 Å². The van der Waals surface area contributed by atoms with Gasteiger partial charge in [0.05, 0.1) is 19.9 Å². The lowest BCUT2D eigenvalue weighted by Crippen LogP contribution is -2.30. The van der Waals surface area contributed by atoms with Crippen molar-refractivity contribution in [1.29, 1.82) is 0 Å². The monoisotopic (exact) mass is 365 g/mol. The van der Waals surface area contributed by atoms with E-state index in [0.29, 0.717) is 34.2 Å². The Kier molecular flexibility index (Phi) is 6.29. The largest absolute Gasteiger partial charge is 0.493 e. The normalized spacial score (nSPS) is 11.5. The van der Waals surface area contributed by atoms with Crippen molar-refractivity contribution in [1.82, 2.24) is 9.59 Å². The highest BCUT2D eigenvalue weighted by atomic mass is 32.1. The van der Waals surface area contributed by atoms with Gasteiger partial charge in [-0.25, -0.2) is 4.79 Å². The van der Waals surface area contributed by atoms with Crippen LogP contribution in [-0.2, 0) is 16.0 Å². The smallest absolute Gasteiger partial charge is 0.352 e. The summed E-state index contributed by atoms with van der Waals surface area (Å²) in [6.07, 6.45) is -0.417. The number of carbonyl (C=O) groups is 2. The van der Waals surface area contributed by atoms with Gasteiger partial charge >= 0.3 is 5.97 Å². The first-order valence-corrected chi connectivity index (χ1v) is 8.32. The lowest BCUT2D eigenvalue weighted by atomic mass is 10.2. The molecule has 0 radical (unpaired) electrons. The maximum Gasteiger partial charge on any atom is 0.352 e. The standard InChI is InChI=1S/C16H19N3O5S/c1-5-11-14(25-19-18-11)16(21)24-9(2)15(20)17-10-6-7-12(22-3)13(8-10)23-4/h6-9H,5H2,1-4H3,(H,17,20)/t9-/m1/s1. The first kappa shape index (κ1) is 18.7. The van der Waals surface area contributed by atoms with Crippen molar-refractivity contribution in [3.05, 3.63) is 28.8 Å². The second-order valence-corrected chi connectivity index (χ2v) is 5.76. The number of nitrogens with one attached hydrogen (secondary N) is 1. The van der Waals surface area contributed by atoms with Crippen LogP contribution < -0.4 is 14.8 Å². The molecule has 1 atom stereocenters. The molecule has 1 N–H and O–H groups in total. The Morgan fingerprint density at radius 2 is 1.96 bits per heavy atom. The number of anilines is 1. The maximum atomic E-state index is 12.2. The predicted molar refractivity (Wildman–Crippen MR) is 92.3 cm³/mol. The first-order valence-electron chi connectivity index (χ1n) is 7.55. The van der Waals surface area contributed by atoms with E-state index < -0.39 is 18.0 Å². The van der Waals surface area contributed by atoms with Gasteiger partial charge in [-0.2, -0.15) is 0 Å². The molecule has 0 aliphatic heterocycles. The fraction of sp³-hybridized carbons (Fsp3) is 0.375. The number of aryl methyl sites for hydroxylation is 1. The third-order valence-electron chi connectivity index (χ3n) is 3.38. The number of rotatable bonds is 7. The van der Waals surface area contributed by atoms with Crippen LogP contribution in [0.25, 0.3) is 0 Å². The van der Waals surface area contributed by atoms with Gasteiger partial charge in [0.1, 0.15) is 0 Å². The van der Waals surface area contributed by atoms with Crippen LogP contribution in [0.5, 0.6) is 11.5 Å². The summed E-state index contributed by atoms with van der Waals surface area (Å²) in [5.74, 6) is -0.0454. The summed E-state index contributed by atoms with van der Waals surface area (Å²) in [7, 11) is 3.03. The van der Waals surface area contributed by atoms with Gasteiger partial charge in [0.2, 0.25) is 0 Å². The molecule has 0 unspecified atom stereocenters. The minimum atomic E-state index is -0.979. The number of amides is 1. The zero-order valence-corrected chi connectivity index (χ0v) is 15.2. The maximum absolute atomic E-state index is 12.2. The number of nitrogens with zero attached hydrogens (tertiary/aromatic N) is 2. The van der Waals surface area contributed by atoms with E-state index in [-0.39, 0.29) is 0 Å². The third-order valence-corrected chi connectivity index (χ3v) is 4.13. The summed E-state index contributed by atoms with van der Waals surface area (Å²) in [6, 6.07) is 4.95. The van der Waals surface area contributed by atoms with Crippen LogP contribution in [0.15, 0.2) is 18.2 Å². The molecule has 0 saturated carbocycles. The highest BCUT2D eigenvalue weighted by molar-refractivity contribution is 7.07. The topological polar surface area (TPSA) is 99.6 Å². The average molecular weight is 365 g/mol. The Morgan fingerprint density at radius 1 is 1.24 bits per heavy atom. The summed E-state index contributed by atoms with van der Waals surface area (Å²) >= 11 is 0.951. The van der Waals surface area contributed by atoms with Crippen LogP contribution in [0.2, 0.25) is 0 Å². The fourth-order valence-electron chi connectivity index (χ4n) is 2.02. The van der Waals surface area contributed by atoms with E-state index in [4.69, 9.17) is 14.2 Å². The molecule has 0 spiro atoms. The Hall–Kier alpha value is -2.68. The molecule has 0 fully saturated rings. The average Bonchev–Trinajstić information content (AvgIpc) is 3.10. The molecule has 2 aromatic rings. The number of hydrogen-bond acceptors (Lipinski definition) is 8. The number of aromatic nitrogens is 2. The molecule has 0 saturated heterocycles. The van der Waals surface area contributed by atoms with E-state index in [1.165, 1.54) is 21.1 Å². The molecule has 1 heterocycles. The van der Waals surface area contributed by atoms with Gasteiger partial charge in [-0.3, -0.25) is 4.79 Å². The zero-order valence-electron chi connectivity index (χ0n) is 14.4. The molecular formula is C16H19N3O5S. The SMILES string of the molecule is CCc1nnsc1C(=O)O[C@H](C)C(=O)Nc1ccc(OC)c(OC)c1. The van der Waals surface area contributed by atoms with Crippen LogP contribution in [0, 0.1) is 0 Å². The van der Waals surface area contributed by atoms with Gasteiger partial charge in [-0.1, -0.05) is 11.4 Å². The van der Waals surface area contributed by atoms with Crippen molar-refractivity contribution in [2.75, 3.05) is 19.5 Å². The van der Waals surface area contributed by atoms with Crippen LogP contribution in [-0.4, -0.2) is 41.8 Å². The van der Waals surface area contributed by atoms with Crippen LogP contribution in [0.1, 0.15) is 29.2 Å². The zero-order chi connectivity index (χ0) is 18.4. The second-order valence-electron chi connectivity index (χ2n) is 5.01. The van der Waals surface area contributed by atoms with Gasteiger partial charge in [-0.15, -0.1) is 5.10 Å². The van der Waals surface area contributed by atoms with Crippen molar-refractivity contribution in [3.8, 4) is 11.5 Å². The molecule has 1 amide bonds. The molecular weight excluding hydrogens is 346 g/mol. The quantitative estimate of drug-likeness (QED) is 0.752. The Bertz CT molecular complexity index is 762. The number of carbonyl (C=O) groups excluding carboxylic acids is 2. The molecule has 9 heteroatoms. The van der Waals surface area contributed by atoms with Crippen LogP contribution >= 0.6 is 11.5 Å². The van der Waals surface area contributed by atoms with E-state index in [1.807, 2.05) is 6.92 Å². The van der Waals surface area contributed by atoms with Gasteiger partial charge in [0, 0.05) is 11.8 Å². The summed E-state index contributed by atoms with van der Waals surface area (Å²) in [5.41, 5.74) is 1.06. The minimum absolute atomic E-state index is 0.313. The summed E-state index contributed by atoms with van der Waals surface area (Å²) in [6.45, 7) is 3.36. The molecule has 134 valence electrons. The number of esters is 1. The first-order chi connectivity index (χ1) is 12.0. The van der Waals surface area contributed by atoms with E-state index in [2.05, 4.69) is 14.9 Å². The van der Waals surface area contributed by atoms with E-state index >= 15 is 0 Å². The van der Waals surface area contributed by atoms with Gasteiger partial charge in [-0.05, 0) is 37.0 Å². The van der Waals surface area contributed by atoms with Crippen molar-refractivity contribution in [2.45, 2.75) is 26.4 Å². The third kappa shape index (κ3) is 4.44. The molecule has 0 aliphatic carbocycles. The Morgan fingerprint density at radius 3 is 2.60 bits per heavy atom. The lowest BCUT2D eigenvalue weighted by molar-refractivity contribution is -0.123. The number of ether oxygens (including phenoxy) is 3. The van der Waals surface area contributed by atoms with Gasteiger partial charge in [0.25, 0.3) is 5.91 Å². The molecule has 0 bridgehead atoms. The van der Waals surface area contributed by atoms with Crippen molar-refractivity contribution in [3.63, 3.8) is 0 Å². The van der Waals surface area contributed by atoms with Crippen molar-refractivity contribution in [2.24, 2.45) is 0 Å². The van der Waals surface area contributed by atoms with E-state index in [0.717, 1.165) is 11.5 Å². The summed E-state index contributed by atoms with van der Waals surface area (Å²) in [5, 5.41) is 6.52. The number of benzene rings is 1. The molecule has 1 aromatic carbocycles. The fourth-order valence-corrected chi connectivity index (χ4v) is 2.65. The highest BCUT2D eigenvalue weighted by Gasteiger charge is 2.23. The van der Waals surface area contributed by atoms with Crippen LogP contribution in [0.3, 0.4) is 0 Å². The highest BCUT2D eigenvalue weighted by Crippen LogP contribution is 2.29. The lowest BCUT2D eigenvalue weighted by Gasteiger charge is -2.14.